The Bertz CT molecular complexity index is 884. The van der Waals surface area contributed by atoms with E-state index in [1.807, 2.05) is 6.92 Å². The van der Waals surface area contributed by atoms with E-state index in [0.717, 1.165) is 18.6 Å². The quantitative estimate of drug-likeness (QED) is 0.550. The molecule has 0 saturated carbocycles. The number of rotatable bonds is 5. The molecule has 0 saturated heterocycles. The Kier molecular flexibility index (Phi) is 6.15. The first-order valence-corrected chi connectivity index (χ1v) is 9.82. The zero-order valence-corrected chi connectivity index (χ0v) is 16.5. The van der Waals surface area contributed by atoms with Gasteiger partial charge in [0.15, 0.2) is 5.78 Å². The molecule has 7 heteroatoms. The van der Waals surface area contributed by atoms with Gasteiger partial charge in [-0.1, -0.05) is 31.5 Å². The maximum atomic E-state index is 13.3. The molecule has 29 heavy (non-hydrogen) atoms. The van der Waals surface area contributed by atoms with Crippen molar-refractivity contribution in [3.8, 4) is 0 Å². The lowest BCUT2D eigenvalue weighted by Gasteiger charge is -2.34. The van der Waals surface area contributed by atoms with Crippen molar-refractivity contribution < 1.29 is 27.5 Å². The van der Waals surface area contributed by atoms with Crippen LogP contribution in [-0.4, -0.2) is 18.4 Å². The fourth-order valence-corrected chi connectivity index (χ4v) is 3.87. The second-order valence-electron chi connectivity index (χ2n) is 7.38. The van der Waals surface area contributed by atoms with Gasteiger partial charge in [-0.05, 0) is 37.8 Å². The lowest BCUT2D eigenvalue weighted by atomic mass is 9.75. The van der Waals surface area contributed by atoms with Crippen molar-refractivity contribution in [2.24, 2.45) is 0 Å². The third-order valence-corrected chi connectivity index (χ3v) is 5.27. The van der Waals surface area contributed by atoms with Crippen molar-refractivity contribution in [3.05, 3.63) is 57.9 Å². The summed E-state index contributed by atoms with van der Waals surface area (Å²) in [5, 5.41) is 3.13. The highest BCUT2D eigenvalue weighted by atomic mass is 19.4. The summed E-state index contributed by atoms with van der Waals surface area (Å²) in [6.45, 7) is 3.88. The van der Waals surface area contributed by atoms with Crippen molar-refractivity contribution in [2.45, 2.75) is 58.0 Å². The molecule has 0 unspecified atom stereocenters. The van der Waals surface area contributed by atoms with Crippen LogP contribution in [-0.2, 0) is 20.5 Å². The molecule has 0 amide bonds. The average Bonchev–Trinajstić information content (AvgIpc) is 2.66. The summed E-state index contributed by atoms with van der Waals surface area (Å²) >= 11 is 0. The standard InChI is InChI=1S/C22H24F3NO3/c1-3-4-11-29-21(28)18-13(2)26-16-9-6-10-17(27)20(16)19(18)14-7-5-8-15(12-14)22(23,24)25/h5,7-8,12,19,26H,3-4,6,9-11H2,1-2H3/t19-/m0/s1. The number of benzene rings is 1. The van der Waals surface area contributed by atoms with E-state index in [0.29, 0.717) is 42.7 Å². The fraction of sp³-hybridized carbons (Fsp3) is 0.455. The number of dihydropyridines is 1. The first-order valence-electron chi connectivity index (χ1n) is 9.82. The minimum atomic E-state index is -4.52. The molecule has 156 valence electrons. The number of allylic oxidation sites excluding steroid dienone is 3. The van der Waals surface area contributed by atoms with Crippen molar-refractivity contribution in [1.29, 1.82) is 0 Å². The molecule has 4 nitrogen and oxygen atoms in total. The number of carbonyl (C=O) groups is 2. The topological polar surface area (TPSA) is 55.4 Å². The third-order valence-electron chi connectivity index (χ3n) is 5.27. The molecule has 1 aromatic carbocycles. The Morgan fingerprint density at radius 3 is 2.72 bits per heavy atom. The first kappa shape index (κ1) is 21.1. The molecule has 0 aromatic heterocycles. The Morgan fingerprint density at radius 2 is 2.03 bits per heavy atom. The SMILES string of the molecule is CCCCOC(=O)C1=C(C)NC2=C(C(=O)CCC2)[C@H]1c1cccc(C(F)(F)F)c1. The summed E-state index contributed by atoms with van der Waals surface area (Å²) < 4.78 is 45.2. The molecule has 0 radical (unpaired) electrons. The Balaban J connectivity index is 2.10. The van der Waals surface area contributed by atoms with Gasteiger partial charge in [-0.2, -0.15) is 13.2 Å². The van der Waals surface area contributed by atoms with Crippen LogP contribution in [0, 0.1) is 0 Å². The van der Waals surface area contributed by atoms with Crippen LogP contribution in [0.1, 0.15) is 63.0 Å². The summed E-state index contributed by atoms with van der Waals surface area (Å²) in [5.74, 6) is -1.61. The Hall–Kier alpha value is -2.57. The number of halogens is 3. The molecule has 0 bridgehead atoms. The summed E-state index contributed by atoms with van der Waals surface area (Å²) in [7, 11) is 0. The number of ether oxygens (including phenoxy) is 1. The van der Waals surface area contributed by atoms with Crippen LogP contribution < -0.4 is 5.32 Å². The predicted octanol–water partition coefficient (Wildman–Crippen LogP) is 5.02. The summed E-state index contributed by atoms with van der Waals surface area (Å²) in [6, 6.07) is 4.85. The fourth-order valence-electron chi connectivity index (χ4n) is 3.87. The highest BCUT2D eigenvalue weighted by molar-refractivity contribution is 6.03. The number of nitrogens with one attached hydrogen (secondary N) is 1. The lowest BCUT2D eigenvalue weighted by Crippen LogP contribution is -2.34. The smallest absolute Gasteiger partial charge is 0.416 e. The maximum Gasteiger partial charge on any atom is 0.416 e. The minimum absolute atomic E-state index is 0.146. The number of carbonyl (C=O) groups excluding carboxylic acids is 2. The third kappa shape index (κ3) is 4.38. The van der Waals surface area contributed by atoms with Crippen LogP contribution in [0.5, 0.6) is 0 Å². The molecular formula is C22H24F3NO3. The van der Waals surface area contributed by atoms with Crippen LogP contribution in [0.2, 0.25) is 0 Å². The molecule has 1 aromatic rings. The molecule has 2 aliphatic rings. The van der Waals surface area contributed by atoms with E-state index in [1.54, 1.807) is 6.92 Å². The molecule has 1 atom stereocenters. The summed E-state index contributed by atoms with van der Waals surface area (Å²) in [4.78, 5) is 25.6. The van der Waals surface area contributed by atoms with E-state index >= 15 is 0 Å². The lowest BCUT2D eigenvalue weighted by molar-refractivity contribution is -0.139. The molecule has 3 rings (SSSR count). The van der Waals surface area contributed by atoms with Gasteiger partial charge in [-0.15, -0.1) is 0 Å². The van der Waals surface area contributed by atoms with E-state index in [-0.39, 0.29) is 23.5 Å². The van der Waals surface area contributed by atoms with Crippen LogP contribution in [0.4, 0.5) is 13.2 Å². The number of alkyl halides is 3. The average molecular weight is 407 g/mol. The zero-order valence-electron chi connectivity index (χ0n) is 16.5. The highest BCUT2D eigenvalue weighted by Crippen LogP contribution is 2.43. The molecule has 1 heterocycles. The summed E-state index contributed by atoms with van der Waals surface area (Å²) in [5.41, 5.74) is 1.24. The van der Waals surface area contributed by atoms with Gasteiger partial charge >= 0.3 is 12.1 Å². The van der Waals surface area contributed by atoms with Crippen LogP contribution in [0.3, 0.4) is 0 Å². The van der Waals surface area contributed by atoms with Gasteiger partial charge in [0.1, 0.15) is 0 Å². The molecule has 0 fully saturated rings. The van der Waals surface area contributed by atoms with E-state index in [4.69, 9.17) is 4.74 Å². The molecule has 1 aliphatic carbocycles. The molecule has 1 N–H and O–H groups in total. The Labute approximate surface area is 167 Å². The van der Waals surface area contributed by atoms with Crippen LogP contribution in [0.15, 0.2) is 46.8 Å². The maximum absolute atomic E-state index is 13.3. The monoisotopic (exact) mass is 407 g/mol. The zero-order chi connectivity index (χ0) is 21.2. The van der Waals surface area contributed by atoms with Crippen LogP contribution >= 0.6 is 0 Å². The van der Waals surface area contributed by atoms with Crippen molar-refractivity contribution in [2.75, 3.05) is 6.61 Å². The number of unbranched alkanes of at least 4 members (excludes halogenated alkanes) is 1. The highest BCUT2D eigenvalue weighted by Gasteiger charge is 2.40. The van der Waals surface area contributed by atoms with Crippen molar-refractivity contribution >= 4 is 11.8 Å². The van der Waals surface area contributed by atoms with E-state index in [9.17, 15) is 22.8 Å². The first-order chi connectivity index (χ1) is 13.7. The van der Waals surface area contributed by atoms with E-state index in [1.165, 1.54) is 12.1 Å². The van der Waals surface area contributed by atoms with Gasteiger partial charge in [0.05, 0.1) is 17.7 Å². The number of hydrogen-bond acceptors (Lipinski definition) is 4. The second kappa shape index (κ2) is 8.43. The van der Waals surface area contributed by atoms with E-state index in [2.05, 4.69) is 5.32 Å². The molecule has 1 aliphatic heterocycles. The van der Waals surface area contributed by atoms with Gasteiger partial charge in [0.25, 0.3) is 0 Å². The normalized spacial score (nSPS) is 19.8. The molecular weight excluding hydrogens is 383 g/mol. The van der Waals surface area contributed by atoms with Crippen LogP contribution in [0.25, 0.3) is 0 Å². The van der Waals surface area contributed by atoms with Gasteiger partial charge in [0, 0.05) is 29.3 Å². The Morgan fingerprint density at radius 1 is 1.28 bits per heavy atom. The molecule has 0 spiro atoms. The number of hydrogen-bond donors (Lipinski definition) is 1. The number of ketones is 1. The second-order valence-corrected chi connectivity index (χ2v) is 7.38. The predicted molar refractivity (Wildman–Crippen MR) is 102 cm³/mol. The van der Waals surface area contributed by atoms with Gasteiger partial charge in [0.2, 0.25) is 0 Å². The minimum Gasteiger partial charge on any atom is -0.462 e. The largest absolute Gasteiger partial charge is 0.462 e. The number of esters is 1. The van der Waals surface area contributed by atoms with Crippen molar-refractivity contribution in [3.63, 3.8) is 0 Å². The number of Topliss-reactive ketones (excluding diaryl/α,β-unsaturated/α-hetero) is 1. The van der Waals surface area contributed by atoms with Crippen molar-refractivity contribution in [1.82, 2.24) is 5.32 Å². The van der Waals surface area contributed by atoms with Gasteiger partial charge < -0.3 is 10.1 Å². The van der Waals surface area contributed by atoms with E-state index < -0.39 is 23.6 Å². The summed E-state index contributed by atoms with van der Waals surface area (Å²) in [6.07, 6.45) is -1.39. The van der Waals surface area contributed by atoms with Gasteiger partial charge in [-0.3, -0.25) is 4.79 Å². The van der Waals surface area contributed by atoms with Gasteiger partial charge in [-0.25, -0.2) is 4.79 Å².